The minimum atomic E-state index is -1.78. The predicted molar refractivity (Wildman–Crippen MR) is 151 cm³/mol. The molecular formula is C30H41NO9S. The summed E-state index contributed by atoms with van der Waals surface area (Å²) in [6.45, 7) is 3.25. The van der Waals surface area contributed by atoms with Crippen LogP contribution >= 0.6 is 11.8 Å². The van der Waals surface area contributed by atoms with Gasteiger partial charge in [-0.15, -0.1) is 0 Å². The average Bonchev–Trinajstić information content (AvgIpc) is 3.19. The normalized spacial score (nSPS) is 36.3. The van der Waals surface area contributed by atoms with Crippen molar-refractivity contribution in [2.75, 3.05) is 18.6 Å². The van der Waals surface area contributed by atoms with Gasteiger partial charge in [-0.25, -0.2) is 4.79 Å². The molecule has 0 radical (unpaired) electrons. The Bertz CT molecular complexity index is 1170. The summed E-state index contributed by atoms with van der Waals surface area (Å²) in [5.41, 5.74) is -2.12. The fourth-order valence-electron chi connectivity index (χ4n) is 8.10. The van der Waals surface area contributed by atoms with Gasteiger partial charge >= 0.3 is 11.9 Å². The number of carbonyl (C=O) groups is 5. The second-order valence-electron chi connectivity index (χ2n) is 12.4. The number of hydrogen-bond acceptors (Lipinski definition) is 9. The molecule has 10 nitrogen and oxygen atoms in total. The van der Waals surface area contributed by atoms with E-state index < -0.39 is 58.8 Å². The van der Waals surface area contributed by atoms with E-state index in [0.717, 1.165) is 18.4 Å². The lowest BCUT2D eigenvalue weighted by atomic mass is 9.46. The highest BCUT2D eigenvalue weighted by Gasteiger charge is 2.68. The Morgan fingerprint density at radius 1 is 1.20 bits per heavy atom. The molecule has 0 aromatic rings. The molecule has 0 bridgehead atoms. The summed E-state index contributed by atoms with van der Waals surface area (Å²) in [4.78, 5) is 61.2. The number of esters is 1. The fraction of sp³-hybridized carbons (Fsp3) is 0.700. The second-order valence-corrected chi connectivity index (χ2v) is 13.4. The molecule has 0 aromatic heterocycles. The SMILES string of the molecule is CSCC[C@@H](NC(=O)CCC(=O)OCC(=O)[C@@]1(O)CC[C@H]2[C@@H]3CCC4=CC(=O)C=C[C@]4(C)[C@H]3[C@@H](O)C[C@@]21C)C(=O)O. The summed E-state index contributed by atoms with van der Waals surface area (Å²) in [5.74, 6) is -2.77. The largest absolute Gasteiger partial charge is 0.480 e. The lowest BCUT2D eigenvalue weighted by Crippen LogP contribution is -2.61. The van der Waals surface area contributed by atoms with Gasteiger partial charge in [0.2, 0.25) is 11.7 Å². The number of rotatable bonds is 11. The lowest BCUT2D eigenvalue weighted by Gasteiger charge is -2.59. The van der Waals surface area contributed by atoms with Crippen LogP contribution in [0.5, 0.6) is 0 Å². The maximum Gasteiger partial charge on any atom is 0.326 e. The van der Waals surface area contributed by atoms with Crippen LogP contribution in [-0.2, 0) is 28.7 Å². The number of carboxylic acids is 1. The number of nitrogens with one attached hydrogen (secondary N) is 1. The minimum Gasteiger partial charge on any atom is -0.480 e. The Labute approximate surface area is 244 Å². The van der Waals surface area contributed by atoms with Gasteiger partial charge in [-0.2, -0.15) is 11.8 Å². The summed E-state index contributed by atoms with van der Waals surface area (Å²) >= 11 is 1.46. The van der Waals surface area contributed by atoms with E-state index >= 15 is 0 Å². The molecule has 0 unspecified atom stereocenters. The van der Waals surface area contributed by atoms with Crippen molar-refractivity contribution >= 4 is 41.2 Å². The third-order valence-electron chi connectivity index (χ3n) is 10.3. The van der Waals surface area contributed by atoms with Gasteiger partial charge in [0.05, 0.1) is 12.5 Å². The van der Waals surface area contributed by atoms with Crippen molar-refractivity contribution < 1.29 is 44.0 Å². The molecule has 0 spiro atoms. The van der Waals surface area contributed by atoms with Crippen LogP contribution < -0.4 is 5.32 Å². The van der Waals surface area contributed by atoms with Crippen molar-refractivity contribution in [2.45, 2.75) is 83.0 Å². The van der Waals surface area contributed by atoms with Gasteiger partial charge in [0.25, 0.3) is 0 Å². The molecule has 3 fully saturated rings. The molecule has 3 saturated carbocycles. The first-order valence-electron chi connectivity index (χ1n) is 14.3. The molecule has 4 N–H and O–H groups in total. The number of ketones is 2. The van der Waals surface area contributed by atoms with Gasteiger partial charge in [-0.05, 0) is 74.5 Å². The van der Waals surface area contributed by atoms with E-state index in [9.17, 15) is 39.3 Å². The van der Waals surface area contributed by atoms with Crippen molar-refractivity contribution in [1.82, 2.24) is 5.32 Å². The van der Waals surface area contributed by atoms with Crippen LogP contribution in [-0.4, -0.2) is 81.1 Å². The van der Waals surface area contributed by atoms with Crippen molar-refractivity contribution in [2.24, 2.45) is 28.6 Å². The van der Waals surface area contributed by atoms with Crippen molar-refractivity contribution in [1.29, 1.82) is 0 Å². The smallest absolute Gasteiger partial charge is 0.326 e. The Morgan fingerprint density at radius 2 is 1.93 bits per heavy atom. The van der Waals surface area contributed by atoms with Gasteiger partial charge < -0.3 is 25.4 Å². The monoisotopic (exact) mass is 591 g/mol. The molecule has 4 aliphatic carbocycles. The van der Waals surface area contributed by atoms with Crippen LogP contribution in [0.25, 0.3) is 0 Å². The summed E-state index contributed by atoms with van der Waals surface area (Å²) < 4.78 is 5.14. The summed E-state index contributed by atoms with van der Waals surface area (Å²) in [7, 11) is 0. The number of aliphatic hydroxyl groups excluding tert-OH is 1. The first kappa shape index (κ1) is 31.4. The number of allylic oxidation sites excluding steroid dienone is 4. The first-order valence-corrected chi connectivity index (χ1v) is 15.7. The molecule has 8 atom stereocenters. The highest BCUT2D eigenvalue weighted by molar-refractivity contribution is 7.98. The first-order chi connectivity index (χ1) is 19.3. The van der Waals surface area contributed by atoms with E-state index in [1.807, 2.05) is 19.3 Å². The lowest BCUT2D eigenvalue weighted by molar-refractivity contribution is -0.181. The van der Waals surface area contributed by atoms with E-state index in [2.05, 4.69) is 12.2 Å². The van der Waals surface area contributed by atoms with Crippen molar-refractivity contribution in [3.05, 3.63) is 23.8 Å². The number of carboxylic acid groups (broad SMARTS) is 1. The Hall–Kier alpha value is -2.50. The highest BCUT2D eigenvalue weighted by atomic mass is 32.2. The molecule has 1 amide bonds. The highest BCUT2D eigenvalue weighted by Crippen LogP contribution is 2.67. The van der Waals surface area contributed by atoms with E-state index in [1.54, 1.807) is 12.2 Å². The Kier molecular flexibility index (Phi) is 9.21. The van der Waals surface area contributed by atoms with E-state index in [0.29, 0.717) is 12.2 Å². The van der Waals surface area contributed by atoms with Gasteiger partial charge in [-0.1, -0.05) is 25.5 Å². The van der Waals surface area contributed by atoms with Crippen LogP contribution in [0.2, 0.25) is 0 Å². The molecule has 226 valence electrons. The third-order valence-corrected chi connectivity index (χ3v) is 10.9. The zero-order chi connectivity index (χ0) is 30.2. The molecule has 11 heteroatoms. The van der Waals surface area contributed by atoms with Crippen LogP contribution in [0.4, 0.5) is 0 Å². The summed E-state index contributed by atoms with van der Waals surface area (Å²) in [5, 5.41) is 34.9. The number of thioether (sulfide) groups is 1. The molecule has 4 rings (SSSR count). The van der Waals surface area contributed by atoms with E-state index in [-0.39, 0.29) is 55.6 Å². The quantitative estimate of drug-likeness (QED) is 0.262. The number of aliphatic carboxylic acids is 1. The van der Waals surface area contributed by atoms with Crippen LogP contribution in [0.15, 0.2) is 23.8 Å². The molecule has 4 aliphatic rings. The molecule has 0 aliphatic heterocycles. The van der Waals surface area contributed by atoms with Crippen LogP contribution in [0.1, 0.15) is 65.2 Å². The fourth-order valence-corrected chi connectivity index (χ4v) is 8.57. The maximum absolute atomic E-state index is 13.4. The predicted octanol–water partition coefficient (Wildman–Crippen LogP) is 2.21. The number of amides is 1. The van der Waals surface area contributed by atoms with Gasteiger partial charge in [0.15, 0.2) is 12.4 Å². The number of Topliss-reactive ketones (excluding diaryl/α,β-unsaturated/α-hetero) is 1. The maximum atomic E-state index is 13.4. The second kappa shape index (κ2) is 12.0. The van der Waals surface area contributed by atoms with Crippen LogP contribution in [0.3, 0.4) is 0 Å². The average molecular weight is 592 g/mol. The van der Waals surface area contributed by atoms with Gasteiger partial charge in [-0.3, -0.25) is 19.2 Å². The van der Waals surface area contributed by atoms with Gasteiger partial charge in [0.1, 0.15) is 11.6 Å². The molecule has 0 aromatic carbocycles. The molecular weight excluding hydrogens is 550 g/mol. The number of aliphatic hydroxyl groups is 2. The van der Waals surface area contributed by atoms with Crippen LogP contribution in [0, 0.1) is 28.6 Å². The molecule has 0 saturated heterocycles. The van der Waals surface area contributed by atoms with Gasteiger partial charge in [0, 0.05) is 23.2 Å². The van der Waals surface area contributed by atoms with Crippen molar-refractivity contribution in [3.63, 3.8) is 0 Å². The minimum absolute atomic E-state index is 0.0260. The number of fused-ring (bicyclic) bond motifs is 5. The zero-order valence-corrected chi connectivity index (χ0v) is 24.7. The molecule has 0 heterocycles. The molecule has 41 heavy (non-hydrogen) atoms. The Balaban J connectivity index is 1.36. The number of ether oxygens (including phenoxy) is 1. The zero-order valence-electron chi connectivity index (χ0n) is 23.9. The number of hydrogen-bond donors (Lipinski definition) is 4. The number of carbonyl (C=O) groups excluding carboxylic acids is 4. The van der Waals surface area contributed by atoms with E-state index in [4.69, 9.17) is 4.74 Å². The topological polar surface area (TPSA) is 167 Å². The standard InChI is InChI=1S/C30H41NO9S/c1-28-11-8-18(32)14-17(28)4-5-19-20-9-12-30(39,29(20,2)15-22(33)26(19)28)23(34)16-40-25(36)7-6-24(35)31-21(27(37)38)10-13-41-3/h8,11,14,19-22,26,33,39H,4-7,9-10,12-13,15-16H2,1-3H3,(H,31,35)(H,37,38)/t19-,20-,21+,22-,26+,28-,29-,30-/m0/s1. The van der Waals surface area contributed by atoms with Crippen molar-refractivity contribution in [3.8, 4) is 0 Å². The van der Waals surface area contributed by atoms with E-state index in [1.165, 1.54) is 11.8 Å². The third kappa shape index (κ3) is 5.77. The Morgan fingerprint density at radius 3 is 2.61 bits per heavy atom. The summed E-state index contributed by atoms with van der Waals surface area (Å²) in [6.07, 6.45) is 8.30. The summed E-state index contributed by atoms with van der Waals surface area (Å²) in [6, 6.07) is -1.05.